The van der Waals surface area contributed by atoms with Gasteiger partial charge in [-0.1, -0.05) is 19.1 Å². The lowest BCUT2D eigenvalue weighted by Crippen LogP contribution is -2.16. The number of rotatable bonds is 9. The molecule has 1 fully saturated rings. The first-order valence-electron chi connectivity index (χ1n) is 9.13. The molecule has 134 valence electrons. The summed E-state index contributed by atoms with van der Waals surface area (Å²) in [6, 6.07) is 16.3. The van der Waals surface area contributed by atoms with Crippen LogP contribution in [0.1, 0.15) is 25.3 Å². The summed E-state index contributed by atoms with van der Waals surface area (Å²) in [5, 5.41) is 3.36. The van der Waals surface area contributed by atoms with Crippen molar-refractivity contribution < 1.29 is 14.2 Å². The largest absolute Gasteiger partial charge is 0.492 e. The summed E-state index contributed by atoms with van der Waals surface area (Å²) >= 11 is 0. The average molecular weight is 341 g/mol. The molecule has 1 N–H and O–H groups in total. The highest BCUT2D eigenvalue weighted by molar-refractivity contribution is 5.46. The van der Waals surface area contributed by atoms with Crippen LogP contribution in [0.5, 0.6) is 11.5 Å². The molecule has 0 aromatic heterocycles. The van der Waals surface area contributed by atoms with Gasteiger partial charge in [-0.25, -0.2) is 0 Å². The van der Waals surface area contributed by atoms with E-state index < -0.39 is 0 Å². The number of anilines is 1. The highest BCUT2D eigenvalue weighted by Crippen LogP contribution is 2.18. The summed E-state index contributed by atoms with van der Waals surface area (Å²) in [6.07, 6.45) is 3.54. The molecule has 4 nitrogen and oxygen atoms in total. The second-order valence-electron chi connectivity index (χ2n) is 6.24. The molecule has 25 heavy (non-hydrogen) atoms. The molecular formula is C21H27NO3. The van der Waals surface area contributed by atoms with Gasteiger partial charge in [-0.15, -0.1) is 0 Å². The minimum absolute atomic E-state index is 0.251. The van der Waals surface area contributed by atoms with Crippen molar-refractivity contribution >= 4 is 5.69 Å². The molecular weight excluding hydrogens is 314 g/mol. The van der Waals surface area contributed by atoms with Gasteiger partial charge in [-0.2, -0.15) is 0 Å². The van der Waals surface area contributed by atoms with E-state index in [1.54, 1.807) is 0 Å². The van der Waals surface area contributed by atoms with Crippen LogP contribution < -0.4 is 14.8 Å². The van der Waals surface area contributed by atoms with Crippen LogP contribution in [0.25, 0.3) is 0 Å². The summed E-state index contributed by atoms with van der Waals surface area (Å²) in [5.41, 5.74) is 2.39. The van der Waals surface area contributed by atoms with Crippen LogP contribution in [0.4, 0.5) is 5.69 Å². The molecule has 0 aliphatic carbocycles. The first kappa shape index (κ1) is 17.6. The fourth-order valence-electron chi connectivity index (χ4n) is 2.82. The van der Waals surface area contributed by atoms with Crippen LogP contribution >= 0.6 is 0 Å². The van der Waals surface area contributed by atoms with Gasteiger partial charge < -0.3 is 19.5 Å². The zero-order chi connectivity index (χ0) is 17.3. The van der Waals surface area contributed by atoms with E-state index in [4.69, 9.17) is 14.2 Å². The molecule has 4 heteroatoms. The van der Waals surface area contributed by atoms with Crippen molar-refractivity contribution in [2.45, 2.75) is 32.3 Å². The first-order chi connectivity index (χ1) is 12.3. The van der Waals surface area contributed by atoms with Crippen LogP contribution in [0, 0.1) is 0 Å². The Labute approximate surface area is 150 Å². The monoisotopic (exact) mass is 341 g/mol. The Morgan fingerprint density at radius 3 is 2.40 bits per heavy atom. The molecule has 0 spiro atoms. The Bertz CT molecular complexity index is 619. The Balaban J connectivity index is 1.35. The van der Waals surface area contributed by atoms with Gasteiger partial charge in [0.1, 0.15) is 24.7 Å². The van der Waals surface area contributed by atoms with Gasteiger partial charge in [0, 0.05) is 18.8 Å². The Hall–Kier alpha value is -2.20. The molecule has 1 heterocycles. The van der Waals surface area contributed by atoms with E-state index in [0.29, 0.717) is 13.2 Å². The Morgan fingerprint density at radius 2 is 1.72 bits per heavy atom. The van der Waals surface area contributed by atoms with E-state index in [1.165, 1.54) is 5.56 Å². The fraction of sp³-hybridized carbons (Fsp3) is 0.429. The molecule has 0 radical (unpaired) electrons. The van der Waals surface area contributed by atoms with Crippen LogP contribution in [-0.4, -0.2) is 32.5 Å². The SMILES string of the molecule is CCc1ccc(OCCNc2ccc(OC[C@@H]3CCCO3)cc2)cc1. The predicted molar refractivity (Wildman–Crippen MR) is 101 cm³/mol. The van der Waals surface area contributed by atoms with E-state index in [9.17, 15) is 0 Å². The number of benzene rings is 2. The molecule has 0 amide bonds. The van der Waals surface area contributed by atoms with Crippen LogP contribution in [0.2, 0.25) is 0 Å². The molecule has 3 rings (SSSR count). The summed E-state index contributed by atoms with van der Waals surface area (Å²) < 4.78 is 17.1. The van der Waals surface area contributed by atoms with Crippen LogP contribution in [-0.2, 0) is 11.2 Å². The van der Waals surface area contributed by atoms with Crippen LogP contribution in [0.15, 0.2) is 48.5 Å². The van der Waals surface area contributed by atoms with Gasteiger partial charge in [0.25, 0.3) is 0 Å². The Kier molecular flexibility index (Phi) is 6.57. The van der Waals surface area contributed by atoms with Gasteiger partial charge in [0.2, 0.25) is 0 Å². The maximum absolute atomic E-state index is 5.77. The normalized spacial score (nSPS) is 16.6. The quantitative estimate of drug-likeness (QED) is 0.691. The molecule has 1 saturated heterocycles. The lowest BCUT2D eigenvalue weighted by Gasteiger charge is -2.12. The second-order valence-corrected chi connectivity index (χ2v) is 6.24. The van der Waals surface area contributed by atoms with Gasteiger partial charge in [-0.3, -0.25) is 0 Å². The minimum atomic E-state index is 0.251. The fourth-order valence-corrected chi connectivity index (χ4v) is 2.82. The molecule has 0 unspecified atom stereocenters. The summed E-state index contributed by atoms with van der Waals surface area (Å²) in [7, 11) is 0. The number of nitrogens with one attached hydrogen (secondary N) is 1. The van der Waals surface area contributed by atoms with Crippen molar-refractivity contribution in [1.29, 1.82) is 0 Å². The maximum Gasteiger partial charge on any atom is 0.119 e. The van der Waals surface area contributed by atoms with E-state index in [0.717, 1.165) is 49.6 Å². The molecule has 2 aromatic carbocycles. The van der Waals surface area contributed by atoms with Crippen molar-refractivity contribution in [2.24, 2.45) is 0 Å². The van der Waals surface area contributed by atoms with Gasteiger partial charge >= 0.3 is 0 Å². The summed E-state index contributed by atoms with van der Waals surface area (Å²) in [6.45, 7) is 5.03. The highest BCUT2D eigenvalue weighted by Gasteiger charge is 2.15. The lowest BCUT2D eigenvalue weighted by molar-refractivity contribution is 0.0679. The number of hydrogen-bond donors (Lipinski definition) is 1. The minimum Gasteiger partial charge on any atom is -0.492 e. The standard InChI is InChI=1S/C21H27NO3/c1-2-17-5-9-19(10-6-17)24-15-13-22-18-7-11-20(12-8-18)25-16-21-4-3-14-23-21/h5-12,21-22H,2-4,13-16H2,1H3/t21-/m0/s1. The number of ether oxygens (including phenoxy) is 3. The van der Waals surface area contributed by atoms with E-state index in [-0.39, 0.29) is 6.10 Å². The van der Waals surface area contributed by atoms with Gasteiger partial charge in [-0.05, 0) is 61.2 Å². The average Bonchev–Trinajstić information content (AvgIpc) is 3.19. The first-order valence-corrected chi connectivity index (χ1v) is 9.13. The van der Waals surface area contributed by atoms with Crippen molar-refractivity contribution in [3.05, 3.63) is 54.1 Å². The topological polar surface area (TPSA) is 39.7 Å². The summed E-state index contributed by atoms with van der Waals surface area (Å²) in [5.74, 6) is 1.80. The maximum atomic E-state index is 5.77. The van der Waals surface area contributed by atoms with E-state index in [1.807, 2.05) is 36.4 Å². The highest BCUT2D eigenvalue weighted by atomic mass is 16.5. The molecule has 0 saturated carbocycles. The summed E-state index contributed by atoms with van der Waals surface area (Å²) in [4.78, 5) is 0. The zero-order valence-corrected chi connectivity index (χ0v) is 14.9. The lowest BCUT2D eigenvalue weighted by atomic mass is 10.2. The third-order valence-electron chi connectivity index (χ3n) is 4.35. The molecule has 1 aliphatic rings. The molecule has 0 bridgehead atoms. The molecule has 1 atom stereocenters. The van der Waals surface area contributed by atoms with Gasteiger partial charge in [0.15, 0.2) is 0 Å². The third kappa shape index (κ3) is 5.68. The Morgan fingerprint density at radius 1 is 1.00 bits per heavy atom. The second kappa shape index (κ2) is 9.33. The van der Waals surface area contributed by atoms with E-state index >= 15 is 0 Å². The molecule has 1 aliphatic heterocycles. The van der Waals surface area contributed by atoms with Crippen molar-refractivity contribution in [3.8, 4) is 11.5 Å². The number of hydrogen-bond acceptors (Lipinski definition) is 4. The van der Waals surface area contributed by atoms with Crippen LogP contribution in [0.3, 0.4) is 0 Å². The smallest absolute Gasteiger partial charge is 0.119 e. The van der Waals surface area contributed by atoms with Crippen molar-refractivity contribution in [1.82, 2.24) is 0 Å². The van der Waals surface area contributed by atoms with Gasteiger partial charge in [0.05, 0.1) is 6.10 Å². The van der Waals surface area contributed by atoms with E-state index in [2.05, 4.69) is 24.4 Å². The zero-order valence-electron chi connectivity index (χ0n) is 14.9. The predicted octanol–water partition coefficient (Wildman–Crippen LogP) is 4.30. The van der Waals surface area contributed by atoms with Crippen molar-refractivity contribution in [3.63, 3.8) is 0 Å². The van der Waals surface area contributed by atoms with Crippen molar-refractivity contribution in [2.75, 3.05) is 31.7 Å². The molecule has 2 aromatic rings. The third-order valence-corrected chi connectivity index (χ3v) is 4.35. The number of aryl methyl sites for hydroxylation is 1.